The monoisotopic (exact) mass is 182 g/mol. The van der Waals surface area contributed by atoms with E-state index in [-0.39, 0.29) is 11.6 Å². The van der Waals surface area contributed by atoms with Gasteiger partial charge in [-0.15, -0.1) is 0 Å². The van der Waals surface area contributed by atoms with Gasteiger partial charge in [0, 0.05) is 11.6 Å². The van der Waals surface area contributed by atoms with Crippen LogP contribution in [0.25, 0.3) is 0 Å². The van der Waals surface area contributed by atoms with E-state index >= 15 is 0 Å². The highest BCUT2D eigenvalue weighted by atomic mass is 16.2. The van der Waals surface area contributed by atoms with Gasteiger partial charge in [-0.05, 0) is 33.6 Å². The second-order valence-electron chi connectivity index (χ2n) is 4.49. The number of amides is 2. The van der Waals surface area contributed by atoms with Crippen LogP contribution in [0.5, 0.6) is 0 Å². The Morgan fingerprint density at radius 3 is 2.31 bits per heavy atom. The Labute approximate surface area is 79.6 Å². The molecule has 1 rings (SSSR count). The van der Waals surface area contributed by atoms with E-state index in [1.165, 1.54) is 0 Å². The number of carbonyl (C=O) groups is 1. The Kier molecular flexibility index (Phi) is 2.96. The Hall–Kier alpha value is -0.990. The molecule has 0 aromatic rings. The summed E-state index contributed by atoms with van der Waals surface area (Å²) in [6.07, 6.45) is 6.11. The van der Waals surface area contributed by atoms with Crippen molar-refractivity contribution in [3.8, 4) is 0 Å². The van der Waals surface area contributed by atoms with Crippen LogP contribution in [-0.2, 0) is 0 Å². The first-order valence-corrected chi connectivity index (χ1v) is 4.71. The average molecular weight is 182 g/mol. The van der Waals surface area contributed by atoms with Crippen molar-refractivity contribution in [3.05, 3.63) is 12.2 Å². The molecule has 0 heterocycles. The van der Waals surface area contributed by atoms with Crippen LogP contribution in [0.4, 0.5) is 4.79 Å². The normalized spacial score (nSPS) is 17.5. The molecule has 0 fully saturated rings. The van der Waals surface area contributed by atoms with Crippen molar-refractivity contribution in [2.45, 2.75) is 45.2 Å². The minimum Gasteiger partial charge on any atom is -0.335 e. The van der Waals surface area contributed by atoms with E-state index < -0.39 is 0 Å². The van der Waals surface area contributed by atoms with E-state index in [0.717, 1.165) is 12.8 Å². The van der Waals surface area contributed by atoms with Crippen LogP contribution >= 0.6 is 0 Å². The molecular weight excluding hydrogens is 164 g/mol. The molecule has 0 saturated carbocycles. The maximum atomic E-state index is 11.4. The molecule has 13 heavy (non-hydrogen) atoms. The molecule has 3 heteroatoms. The number of carbonyl (C=O) groups excluding carboxylic acids is 1. The molecule has 1 aliphatic carbocycles. The molecule has 0 bridgehead atoms. The van der Waals surface area contributed by atoms with E-state index in [2.05, 4.69) is 22.8 Å². The van der Waals surface area contributed by atoms with E-state index in [4.69, 9.17) is 0 Å². The zero-order chi connectivity index (χ0) is 9.90. The Bertz CT molecular complexity index is 207. The first-order chi connectivity index (χ1) is 5.97. The predicted octanol–water partition coefficient (Wildman–Crippen LogP) is 1.80. The number of nitrogens with one attached hydrogen (secondary N) is 2. The third-order valence-corrected chi connectivity index (χ3v) is 1.83. The highest BCUT2D eigenvalue weighted by Crippen LogP contribution is 2.09. The Morgan fingerprint density at radius 1 is 1.31 bits per heavy atom. The van der Waals surface area contributed by atoms with E-state index in [9.17, 15) is 4.79 Å². The molecule has 0 aliphatic heterocycles. The van der Waals surface area contributed by atoms with Crippen LogP contribution in [0.15, 0.2) is 12.2 Å². The lowest BCUT2D eigenvalue weighted by Gasteiger charge is -2.22. The van der Waals surface area contributed by atoms with Gasteiger partial charge in [0.05, 0.1) is 0 Å². The average Bonchev–Trinajstić information content (AvgIpc) is 2.34. The molecule has 0 radical (unpaired) electrons. The molecule has 74 valence electrons. The largest absolute Gasteiger partial charge is 0.335 e. The minimum atomic E-state index is -0.157. The highest BCUT2D eigenvalue weighted by molar-refractivity contribution is 5.75. The number of rotatable bonds is 1. The van der Waals surface area contributed by atoms with Crippen LogP contribution < -0.4 is 10.6 Å². The van der Waals surface area contributed by atoms with Gasteiger partial charge in [-0.1, -0.05) is 12.2 Å². The van der Waals surface area contributed by atoms with Crippen LogP contribution in [0.1, 0.15) is 33.6 Å². The molecule has 0 saturated heterocycles. The van der Waals surface area contributed by atoms with Crippen LogP contribution in [-0.4, -0.2) is 17.6 Å². The van der Waals surface area contributed by atoms with Crippen LogP contribution in [0.2, 0.25) is 0 Å². The first-order valence-electron chi connectivity index (χ1n) is 4.71. The van der Waals surface area contributed by atoms with Crippen molar-refractivity contribution < 1.29 is 4.79 Å². The van der Waals surface area contributed by atoms with Gasteiger partial charge in [0.1, 0.15) is 0 Å². The summed E-state index contributed by atoms with van der Waals surface area (Å²) in [6.45, 7) is 5.92. The molecule has 0 spiro atoms. The van der Waals surface area contributed by atoms with Crippen LogP contribution in [0.3, 0.4) is 0 Å². The summed E-state index contributed by atoms with van der Waals surface area (Å²) in [7, 11) is 0. The number of hydrogen-bond donors (Lipinski definition) is 2. The van der Waals surface area contributed by atoms with Crippen LogP contribution in [0, 0.1) is 0 Å². The molecule has 0 aromatic heterocycles. The molecule has 2 N–H and O–H groups in total. The lowest BCUT2D eigenvalue weighted by atomic mass is 10.1. The molecule has 0 aromatic carbocycles. The molecule has 3 nitrogen and oxygen atoms in total. The predicted molar refractivity (Wildman–Crippen MR) is 53.6 cm³/mol. The summed E-state index contributed by atoms with van der Waals surface area (Å²) in [4.78, 5) is 11.4. The summed E-state index contributed by atoms with van der Waals surface area (Å²) in [6, 6.07) is 0.226. The van der Waals surface area contributed by atoms with Crippen molar-refractivity contribution in [1.82, 2.24) is 10.6 Å². The third-order valence-electron chi connectivity index (χ3n) is 1.83. The first kappa shape index (κ1) is 10.1. The lowest BCUT2D eigenvalue weighted by molar-refractivity contribution is 0.228. The maximum absolute atomic E-state index is 11.4. The van der Waals surface area contributed by atoms with Crippen molar-refractivity contribution in [3.63, 3.8) is 0 Å². The standard InChI is InChI=1S/C10H18N2O/c1-10(2,3)12-9(13)11-8-6-4-5-7-8/h4-5,8H,6-7H2,1-3H3,(H2,11,12,13). The van der Waals surface area contributed by atoms with E-state index in [0.29, 0.717) is 6.04 Å². The van der Waals surface area contributed by atoms with Crippen molar-refractivity contribution in [2.75, 3.05) is 0 Å². The van der Waals surface area contributed by atoms with Gasteiger partial charge in [0.15, 0.2) is 0 Å². The summed E-state index contributed by atoms with van der Waals surface area (Å²) < 4.78 is 0. The maximum Gasteiger partial charge on any atom is 0.315 e. The van der Waals surface area contributed by atoms with Gasteiger partial charge in [0.25, 0.3) is 0 Å². The molecule has 0 unspecified atom stereocenters. The van der Waals surface area contributed by atoms with Crippen molar-refractivity contribution in [1.29, 1.82) is 0 Å². The second-order valence-corrected chi connectivity index (χ2v) is 4.49. The quantitative estimate of drug-likeness (QED) is 0.596. The van der Waals surface area contributed by atoms with Gasteiger partial charge < -0.3 is 10.6 Å². The van der Waals surface area contributed by atoms with Gasteiger partial charge in [-0.3, -0.25) is 0 Å². The topological polar surface area (TPSA) is 41.1 Å². The SMILES string of the molecule is CC(C)(C)NC(=O)NC1CC=CC1. The van der Waals surface area contributed by atoms with Gasteiger partial charge in [0.2, 0.25) is 0 Å². The Morgan fingerprint density at radius 2 is 1.85 bits per heavy atom. The molecule has 0 atom stereocenters. The molecule has 2 amide bonds. The second kappa shape index (κ2) is 3.81. The summed E-state index contributed by atoms with van der Waals surface area (Å²) in [5, 5.41) is 5.79. The highest BCUT2D eigenvalue weighted by Gasteiger charge is 2.17. The lowest BCUT2D eigenvalue weighted by Crippen LogP contribution is -2.49. The third kappa shape index (κ3) is 3.97. The number of urea groups is 1. The summed E-state index contributed by atoms with van der Waals surface area (Å²) >= 11 is 0. The molecule has 1 aliphatic rings. The zero-order valence-electron chi connectivity index (χ0n) is 8.55. The Balaban J connectivity index is 2.25. The van der Waals surface area contributed by atoms with Gasteiger partial charge in [-0.2, -0.15) is 0 Å². The summed E-state index contributed by atoms with van der Waals surface area (Å²) in [5.41, 5.74) is -0.157. The van der Waals surface area contributed by atoms with Crippen molar-refractivity contribution >= 4 is 6.03 Å². The fraction of sp³-hybridized carbons (Fsp3) is 0.700. The fourth-order valence-electron chi connectivity index (χ4n) is 1.30. The zero-order valence-corrected chi connectivity index (χ0v) is 8.55. The fourth-order valence-corrected chi connectivity index (χ4v) is 1.30. The minimum absolute atomic E-state index is 0.0683. The van der Waals surface area contributed by atoms with Gasteiger partial charge in [-0.25, -0.2) is 4.79 Å². The van der Waals surface area contributed by atoms with Crippen molar-refractivity contribution in [2.24, 2.45) is 0 Å². The van der Waals surface area contributed by atoms with Gasteiger partial charge >= 0.3 is 6.03 Å². The molecular formula is C10H18N2O. The number of hydrogen-bond acceptors (Lipinski definition) is 1. The van der Waals surface area contributed by atoms with E-state index in [1.807, 2.05) is 20.8 Å². The summed E-state index contributed by atoms with van der Waals surface area (Å²) in [5.74, 6) is 0. The smallest absolute Gasteiger partial charge is 0.315 e. The van der Waals surface area contributed by atoms with E-state index in [1.54, 1.807) is 0 Å².